The summed E-state index contributed by atoms with van der Waals surface area (Å²) < 4.78 is 12.7. The summed E-state index contributed by atoms with van der Waals surface area (Å²) in [6.45, 7) is 6.67. The van der Waals surface area contributed by atoms with E-state index in [9.17, 15) is 10.1 Å². The van der Waals surface area contributed by atoms with E-state index in [0.29, 0.717) is 17.8 Å². The zero-order chi connectivity index (χ0) is 21.0. The number of ether oxygens (including phenoxy) is 2. The Bertz CT molecular complexity index is 1080. The Morgan fingerprint density at radius 1 is 1.28 bits per heavy atom. The van der Waals surface area contributed by atoms with Crippen molar-refractivity contribution in [3.05, 3.63) is 48.0 Å². The van der Waals surface area contributed by atoms with E-state index in [2.05, 4.69) is 28.6 Å². The highest BCUT2D eigenvalue weighted by Gasteiger charge is 2.19. The maximum absolute atomic E-state index is 11.7. The van der Waals surface area contributed by atoms with Crippen LogP contribution in [-0.2, 0) is 11.3 Å². The van der Waals surface area contributed by atoms with Gasteiger partial charge in [0.05, 0.1) is 22.9 Å². The summed E-state index contributed by atoms with van der Waals surface area (Å²) in [4.78, 5) is 11.7. The molecule has 7 heteroatoms. The number of nitrogens with zero attached hydrogens (tertiary/aromatic N) is 2. The lowest BCUT2D eigenvalue weighted by atomic mass is 10.1. The molecule has 6 nitrogen and oxygen atoms in total. The van der Waals surface area contributed by atoms with E-state index in [4.69, 9.17) is 9.47 Å². The largest absolute Gasteiger partial charge is 0.491 e. The van der Waals surface area contributed by atoms with Gasteiger partial charge in [0.25, 0.3) is 0 Å². The maximum atomic E-state index is 11.7. The zero-order valence-electron chi connectivity index (χ0n) is 16.6. The molecule has 0 radical (unpaired) electrons. The number of carbonyl (C=O) groups is 1. The lowest BCUT2D eigenvalue weighted by Gasteiger charge is -2.12. The molecule has 0 unspecified atom stereocenters. The minimum absolute atomic E-state index is 0.00500. The third kappa shape index (κ3) is 4.33. The van der Waals surface area contributed by atoms with Crippen molar-refractivity contribution >= 4 is 35.3 Å². The molecule has 0 aliphatic heterocycles. The summed E-state index contributed by atoms with van der Waals surface area (Å²) >= 11 is 3.88. The first-order chi connectivity index (χ1) is 14.0. The Morgan fingerprint density at radius 2 is 2.07 bits per heavy atom. The lowest BCUT2D eigenvalue weighted by molar-refractivity contribution is 0.182. The molecular weight excluding hydrogens is 386 g/mol. The van der Waals surface area contributed by atoms with Crippen LogP contribution in [0.4, 0.5) is 10.5 Å². The van der Waals surface area contributed by atoms with Crippen molar-refractivity contribution in [1.82, 2.24) is 4.57 Å². The third-order valence-corrected chi connectivity index (χ3v) is 4.54. The molecule has 0 saturated heterocycles. The summed E-state index contributed by atoms with van der Waals surface area (Å²) in [5, 5.41) is 13.4. The van der Waals surface area contributed by atoms with Crippen LogP contribution in [0.15, 0.2) is 42.5 Å². The van der Waals surface area contributed by atoms with E-state index in [1.54, 1.807) is 6.07 Å². The molecule has 29 heavy (non-hydrogen) atoms. The van der Waals surface area contributed by atoms with Gasteiger partial charge in [0.15, 0.2) is 0 Å². The van der Waals surface area contributed by atoms with E-state index in [-0.39, 0.29) is 12.0 Å². The number of nitrogens with one attached hydrogen (secondary N) is 1. The highest BCUT2D eigenvalue weighted by atomic mass is 32.1. The van der Waals surface area contributed by atoms with Gasteiger partial charge < -0.3 is 14.0 Å². The molecule has 0 atom stereocenters. The first kappa shape index (κ1) is 20.6. The van der Waals surface area contributed by atoms with E-state index in [0.717, 1.165) is 27.9 Å². The molecule has 1 N–H and O–H groups in total. The van der Waals surface area contributed by atoms with Gasteiger partial charge in [0, 0.05) is 29.2 Å². The third-order valence-electron chi connectivity index (χ3n) is 4.41. The number of thiol groups is 1. The molecule has 0 saturated carbocycles. The molecular formula is C22H23N3O3S. The smallest absolute Gasteiger partial charge is 0.412 e. The minimum Gasteiger partial charge on any atom is -0.491 e. The second-order valence-electron chi connectivity index (χ2n) is 6.69. The summed E-state index contributed by atoms with van der Waals surface area (Å²) in [6, 6.07) is 15.5. The van der Waals surface area contributed by atoms with Gasteiger partial charge in [-0.2, -0.15) is 5.26 Å². The van der Waals surface area contributed by atoms with Crippen molar-refractivity contribution in [2.45, 2.75) is 33.4 Å². The number of benzene rings is 2. The fraction of sp³-hybridized carbons (Fsp3) is 0.273. The molecule has 0 aliphatic carbocycles. The summed E-state index contributed by atoms with van der Waals surface area (Å²) in [5.74, 6) is 0.759. The number of aryl methyl sites for hydroxylation is 1. The van der Waals surface area contributed by atoms with Crippen molar-refractivity contribution in [3.63, 3.8) is 0 Å². The van der Waals surface area contributed by atoms with Crippen LogP contribution in [0.25, 0.3) is 22.2 Å². The maximum Gasteiger partial charge on any atom is 0.412 e. The highest BCUT2D eigenvalue weighted by molar-refractivity contribution is 7.80. The summed E-state index contributed by atoms with van der Waals surface area (Å²) in [5.41, 5.74) is 3.74. The van der Waals surface area contributed by atoms with Crippen LogP contribution in [-0.4, -0.2) is 22.7 Å². The fourth-order valence-corrected chi connectivity index (χ4v) is 3.49. The molecule has 1 heterocycles. The van der Waals surface area contributed by atoms with Crippen molar-refractivity contribution < 1.29 is 14.3 Å². The Morgan fingerprint density at radius 3 is 2.72 bits per heavy atom. The van der Waals surface area contributed by atoms with Crippen LogP contribution >= 0.6 is 12.6 Å². The molecule has 150 valence electrons. The van der Waals surface area contributed by atoms with Crippen molar-refractivity contribution in [1.29, 1.82) is 5.26 Å². The number of nitriles is 1. The second-order valence-corrected chi connectivity index (χ2v) is 6.95. The average Bonchev–Trinajstić information content (AvgIpc) is 3.00. The molecule has 0 spiro atoms. The number of carbonyl (C=O) groups excluding carboxylic acids is 1. The van der Waals surface area contributed by atoms with E-state index >= 15 is 0 Å². The Kier molecular flexibility index (Phi) is 6.35. The first-order valence-electron chi connectivity index (χ1n) is 9.36. The molecule has 1 aromatic heterocycles. The van der Waals surface area contributed by atoms with Gasteiger partial charge in [-0.15, -0.1) is 12.6 Å². The van der Waals surface area contributed by atoms with E-state index in [1.807, 2.05) is 57.2 Å². The number of hydrogen-bond donors (Lipinski definition) is 2. The summed E-state index contributed by atoms with van der Waals surface area (Å²) in [6.07, 6.45) is -0.517. The molecule has 3 aromatic rings. The molecule has 0 fully saturated rings. The van der Waals surface area contributed by atoms with Gasteiger partial charge in [-0.3, -0.25) is 5.32 Å². The van der Waals surface area contributed by atoms with Crippen molar-refractivity contribution in [2.24, 2.45) is 0 Å². The quantitative estimate of drug-likeness (QED) is 0.421. The van der Waals surface area contributed by atoms with Crippen LogP contribution in [0.2, 0.25) is 0 Å². The van der Waals surface area contributed by atoms with Crippen LogP contribution in [0.3, 0.4) is 0 Å². The second kappa shape index (κ2) is 8.93. The monoisotopic (exact) mass is 409 g/mol. The zero-order valence-corrected chi connectivity index (χ0v) is 17.5. The van der Waals surface area contributed by atoms with E-state index in [1.165, 1.54) is 0 Å². The average molecular weight is 410 g/mol. The number of amides is 1. The van der Waals surface area contributed by atoms with Gasteiger partial charge in [-0.05, 0) is 45.0 Å². The first-order valence-corrected chi connectivity index (χ1v) is 9.99. The van der Waals surface area contributed by atoms with Crippen molar-refractivity contribution in [3.8, 4) is 23.1 Å². The lowest BCUT2D eigenvalue weighted by Crippen LogP contribution is -2.12. The van der Waals surface area contributed by atoms with Crippen molar-refractivity contribution in [2.75, 3.05) is 11.3 Å². The van der Waals surface area contributed by atoms with Crippen LogP contribution < -0.4 is 10.1 Å². The normalized spacial score (nSPS) is 10.8. The predicted octanol–water partition coefficient (Wildman–Crippen LogP) is 5.42. The molecule has 0 aliphatic rings. The van der Waals surface area contributed by atoms with Crippen LogP contribution in [0, 0.1) is 11.3 Å². The predicted molar refractivity (Wildman–Crippen MR) is 117 cm³/mol. The van der Waals surface area contributed by atoms with E-state index < -0.39 is 6.09 Å². The number of rotatable bonds is 6. The van der Waals surface area contributed by atoms with Gasteiger partial charge >= 0.3 is 6.09 Å². The SMILES string of the molecule is CCn1c(-c2cccc(NC(=O)OCS)c2)c(C#N)c2ccc(OC(C)C)cc21. The van der Waals surface area contributed by atoms with Crippen LogP contribution in [0.5, 0.6) is 5.75 Å². The van der Waals surface area contributed by atoms with Gasteiger partial charge in [-0.25, -0.2) is 4.79 Å². The Labute approximate surface area is 175 Å². The number of anilines is 1. The number of fused-ring (bicyclic) bond motifs is 1. The topological polar surface area (TPSA) is 76.3 Å². The minimum atomic E-state index is -0.579. The molecule has 1 amide bonds. The fourth-order valence-electron chi connectivity index (χ4n) is 3.37. The highest BCUT2D eigenvalue weighted by Crippen LogP contribution is 2.36. The number of hydrogen-bond acceptors (Lipinski definition) is 5. The standard InChI is InChI=1S/C22H23N3O3S/c1-4-25-20-11-17(28-14(2)3)8-9-18(20)19(12-23)21(25)15-6-5-7-16(10-15)24-22(26)27-13-29/h5-11,14,29H,4,13H2,1-3H3,(H,24,26). The molecule has 3 rings (SSSR count). The molecule has 0 bridgehead atoms. The van der Waals surface area contributed by atoms with Crippen LogP contribution in [0.1, 0.15) is 26.3 Å². The number of aromatic nitrogens is 1. The summed E-state index contributed by atoms with van der Waals surface area (Å²) in [7, 11) is 0. The Balaban J connectivity index is 2.14. The van der Waals surface area contributed by atoms with Gasteiger partial charge in [-0.1, -0.05) is 12.1 Å². The molecule has 2 aromatic carbocycles. The van der Waals surface area contributed by atoms with Gasteiger partial charge in [0.1, 0.15) is 17.8 Å². The van der Waals surface area contributed by atoms with Gasteiger partial charge in [0.2, 0.25) is 0 Å². The Hall–Kier alpha value is -3.11.